The topological polar surface area (TPSA) is 35.2 Å². The molecule has 0 aliphatic heterocycles. The van der Waals surface area contributed by atoms with Crippen molar-refractivity contribution >= 4 is 11.6 Å². The van der Waals surface area contributed by atoms with Crippen LogP contribution in [-0.4, -0.2) is 12.5 Å². The van der Waals surface area contributed by atoms with Crippen molar-refractivity contribution in [2.75, 3.05) is 0 Å². The molecule has 0 saturated heterocycles. The first-order chi connectivity index (χ1) is 14.1. The molecule has 0 bridgehead atoms. The maximum absolute atomic E-state index is 14.1. The highest BCUT2D eigenvalue weighted by atomic mass is 35.5. The van der Waals surface area contributed by atoms with Gasteiger partial charge < -0.3 is 10.5 Å². The van der Waals surface area contributed by atoms with Gasteiger partial charge in [0.1, 0.15) is 11.6 Å². The molecule has 160 valence electrons. The predicted molar refractivity (Wildman–Crippen MR) is 107 cm³/mol. The van der Waals surface area contributed by atoms with Gasteiger partial charge in [-0.25, -0.2) is 4.39 Å². The molecule has 0 aliphatic rings. The lowest BCUT2D eigenvalue weighted by molar-refractivity contribution is -0.253. The molecule has 2 aromatic carbocycles. The summed E-state index contributed by atoms with van der Waals surface area (Å²) < 4.78 is 69.7. The van der Waals surface area contributed by atoms with Crippen LogP contribution in [0.4, 0.5) is 22.0 Å². The quantitative estimate of drug-likeness (QED) is 0.353. The third-order valence-electron chi connectivity index (χ3n) is 4.15. The van der Waals surface area contributed by atoms with Crippen LogP contribution in [0, 0.1) is 5.82 Å². The number of hydrogen-bond acceptors (Lipinski definition) is 2. The van der Waals surface area contributed by atoms with Gasteiger partial charge in [-0.2, -0.15) is 17.6 Å². The van der Waals surface area contributed by atoms with Crippen LogP contribution >= 0.6 is 11.6 Å². The Balaban J connectivity index is 2.44. The molecular weight excluding hydrogens is 425 g/mol. The summed E-state index contributed by atoms with van der Waals surface area (Å²) in [4.78, 5) is 0. The van der Waals surface area contributed by atoms with Crippen LogP contribution < -0.4 is 10.5 Å². The van der Waals surface area contributed by atoms with Gasteiger partial charge in [0.05, 0.1) is 5.03 Å². The Bertz CT molecular complexity index is 928. The average molecular weight is 444 g/mol. The summed E-state index contributed by atoms with van der Waals surface area (Å²) in [5.41, 5.74) is 6.87. The molecule has 0 aromatic heterocycles. The minimum atomic E-state index is -4.75. The Hall–Kier alpha value is -2.80. The molecule has 0 aliphatic carbocycles. The summed E-state index contributed by atoms with van der Waals surface area (Å²) in [5, 5.41) is 0.231. The van der Waals surface area contributed by atoms with Crippen LogP contribution in [0.15, 0.2) is 84.1 Å². The van der Waals surface area contributed by atoms with Gasteiger partial charge in [-0.15, -0.1) is 0 Å². The van der Waals surface area contributed by atoms with Crippen LogP contribution in [0.2, 0.25) is 0 Å². The van der Waals surface area contributed by atoms with E-state index in [2.05, 4.69) is 11.3 Å². The highest BCUT2D eigenvalue weighted by Crippen LogP contribution is 2.34. The van der Waals surface area contributed by atoms with Crippen LogP contribution in [-0.2, 0) is 6.42 Å². The summed E-state index contributed by atoms with van der Waals surface area (Å²) >= 11 is 5.85. The summed E-state index contributed by atoms with van der Waals surface area (Å²) in [7, 11) is 0. The van der Waals surface area contributed by atoms with Crippen molar-refractivity contribution in [1.29, 1.82) is 0 Å². The molecule has 1 unspecified atom stereocenters. The lowest BCUT2D eigenvalue weighted by Crippen LogP contribution is -2.33. The number of hydrogen-bond donors (Lipinski definition) is 1. The van der Waals surface area contributed by atoms with Gasteiger partial charge in [-0.3, -0.25) is 0 Å². The minimum Gasteiger partial charge on any atom is -0.428 e. The van der Waals surface area contributed by atoms with E-state index >= 15 is 0 Å². The Morgan fingerprint density at radius 3 is 2.40 bits per heavy atom. The maximum Gasteiger partial charge on any atom is 0.461 e. The first-order valence-corrected chi connectivity index (χ1v) is 9.14. The minimum absolute atomic E-state index is 0.224. The molecule has 30 heavy (non-hydrogen) atoms. The molecule has 1 atom stereocenters. The largest absolute Gasteiger partial charge is 0.461 e. The van der Waals surface area contributed by atoms with E-state index in [4.69, 9.17) is 17.3 Å². The van der Waals surface area contributed by atoms with Crippen LogP contribution in [0.25, 0.3) is 0 Å². The highest BCUT2D eigenvalue weighted by molar-refractivity contribution is 6.31. The number of alkyl halides is 4. The third kappa shape index (κ3) is 6.62. The van der Waals surface area contributed by atoms with Gasteiger partial charge in [-0.05, 0) is 41.3 Å². The number of halogens is 6. The normalized spacial score (nSPS) is 13.6. The molecule has 2 N–H and O–H groups in total. The van der Waals surface area contributed by atoms with Crippen LogP contribution in [0.5, 0.6) is 5.75 Å². The average Bonchev–Trinajstić information content (AvgIpc) is 2.69. The second-order valence-electron chi connectivity index (χ2n) is 6.39. The Morgan fingerprint density at radius 2 is 1.80 bits per heavy atom. The second kappa shape index (κ2) is 10.3. The number of nitrogens with two attached hydrogens (primary N) is 1. The zero-order chi connectivity index (χ0) is 22.3. The smallest absolute Gasteiger partial charge is 0.428 e. The van der Waals surface area contributed by atoms with Crippen molar-refractivity contribution in [2.45, 2.75) is 24.9 Å². The van der Waals surface area contributed by atoms with Crippen molar-refractivity contribution in [3.63, 3.8) is 0 Å². The molecule has 8 heteroatoms. The van der Waals surface area contributed by atoms with E-state index in [-0.39, 0.29) is 10.6 Å². The predicted octanol–water partition coefficient (Wildman–Crippen LogP) is 6.54. The van der Waals surface area contributed by atoms with Crippen molar-refractivity contribution in [1.82, 2.24) is 0 Å². The van der Waals surface area contributed by atoms with Crippen molar-refractivity contribution in [3.8, 4) is 5.75 Å². The molecular formula is C22H19ClF5NO. The Morgan fingerprint density at radius 1 is 1.13 bits per heavy atom. The van der Waals surface area contributed by atoms with E-state index in [9.17, 15) is 22.0 Å². The van der Waals surface area contributed by atoms with E-state index in [1.165, 1.54) is 6.08 Å². The number of benzene rings is 2. The fourth-order valence-corrected chi connectivity index (χ4v) is 2.78. The fraction of sp³-hybridized carbons (Fsp3) is 0.182. The van der Waals surface area contributed by atoms with Crippen molar-refractivity contribution in [2.24, 2.45) is 5.73 Å². The van der Waals surface area contributed by atoms with E-state index < -0.39 is 30.0 Å². The standard InChI is InChI=1S/C22H19ClF5NO/c1-14(7-8-17(23)13-29)20(9-15-5-3-2-4-6-15)16-10-18(24)12-19(11-16)30-22(27,28)21(25)26/h2-8,10-13,20-21H,1,9,29H2/b8-7-,17-13+. The zero-order valence-electron chi connectivity index (χ0n) is 15.7. The lowest BCUT2D eigenvalue weighted by Gasteiger charge is -2.21. The summed E-state index contributed by atoms with van der Waals surface area (Å²) in [6, 6.07) is 11.9. The monoisotopic (exact) mass is 443 g/mol. The first kappa shape index (κ1) is 23.5. The van der Waals surface area contributed by atoms with Crippen LogP contribution in [0.1, 0.15) is 17.0 Å². The summed E-state index contributed by atoms with van der Waals surface area (Å²) in [6.45, 7) is 3.95. The summed E-state index contributed by atoms with van der Waals surface area (Å²) in [6.07, 6.45) is -4.29. The SMILES string of the molecule is C=C(/C=C\C(Cl)=C/N)C(Cc1ccccc1)c1cc(F)cc(OC(F)(F)C(F)F)c1. The maximum atomic E-state index is 14.1. The van der Waals surface area contributed by atoms with Gasteiger partial charge in [0.25, 0.3) is 0 Å². The Kier molecular flexibility index (Phi) is 8.06. The van der Waals surface area contributed by atoms with Crippen molar-refractivity contribution in [3.05, 3.63) is 101 Å². The number of ether oxygens (including phenoxy) is 1. The van der Waals surface area contributed by atoms with Crippen molar-refractivity contribution < 1.29 is 26.7 Å². The molecule has 0 fully saturated rings. The summed E-state index contributed by atoms with van der Waals surface area (Å²) in [5.74, 6) is -2.21. The van der Waals surface area contributed by atoms with Gasteiger partial charge in [0, 0.05) is 18.2 Å². The Labute approximate surface area is 176 Å². The highest BCUT2D eigenvalue weighted by Gasteiger charge is 2.44. The van der Waals surface area contributed by atoms with Gasteiger partial charge in [-0.1, -0.05) is 54.6 Å². The molecule has 0 saturated carbocycles. The fourth-order valence-electron chi connectivity index (χ4n) is 2.72. The zero-order valence-corrected chi connectivity index (χ0v) is 16.4. The van der Waals surface area contributed by atoms with Gasteiger partial charge in [0.15, 0.2) is 0 Å². The third-order valence-corrected chi connectivity index (χ3v) is 4.40. The molecule has 0 heterocycles. The van der Waals surface area contributed by atoms with Gasteiger partial charge >= 0.3 is 12.5 Å². The van der Waals surface area contributed by atoms with E-state index in [0.29, 0.717) is 18.1 Å². The first-order valence-electron chi connectivity index (χ1n) is 8.76. The number of allylic oxidation sites excluding steroid dienone is 4. The molecule has 0 amide bonds. The van der Waals surface area contributed by atoms with Crippen LogP contribution in [0.3, 0.4) is 0 Å². The molecule has 2 aromatic rings. The van der Waals surface area contributed by atoms with E-state index in [1.807, 2.05) is 30.3 Å². The van der Waals surface area contributed by atoms with E-state index in [0.717, 1.165) is 23.9 Å². The number of rotatable bonds is 9. The van der Waals surface area contributed by atoms with Gasteiger partial charge in [0.2, 0.25) is 0 Å². The molecule has 2 rings (SSSR count). The molecule has 2 nitrogen and oxygen atoms in total. The van der Waals surface area contributed by atoms with E-state index in [1.54, 1.807) is 6.08 Å². The lowest BCUT2D eigenvalue weighted by atomic mass is 9.86. The molecule has 0 radical (unpaired) electrons. The molecule has 0 spiro atoms. The second-order valence-corrected chi connectivity index (χ2v) is 6.82.